The number of carbonyl (C=O) groups is 1. The van der Waals surface area contributed by atoms with E-state index in [1.807, 2.05) is 18.2 Å². The van der Waals surface area contributed by atoms with Gasteiger partial charge in [-0.2, -0.15) is 4.72 Å². The number of rotatable bonds is 8. The summed E-state index contributed by atoms with van der Waals surface area (Å²) >= 11 is 3.53. The zero-order valence-corrected chi connectivity index (χ0v) is 23.2. The third-order valence-electron chi connectivity index (χ3n) is 7.03. The van der Waals surface area contributed by atoms with Gasteiger partial charge in [0.15, 0.2) is 5.54 Å². The highest BCUT2D eigenvalue weighted by molar-refractivity contribution is 9.10. The number of halogens is 1. The molecule has 6 nitrogen and oxygen atoms in total. The fourth-order valence-electron chi connectivity index (χ4n) is 5.26. The van der Waals surface area contributed by atoms with E-state index >= 15 is 0 Å². The molecule has 1 aromatic rings. The van der Waals surface area contributed by atoms with Gasteiger partial charge in [0.1, 0.15) is 0 Å². The standard InChI is InChI=1S/C23H36BrNO5SSi/c1-6-30-21(26)23(25-31(27,28)13-14-32(3,4)5)20-15-18(24)8-7-17(20)16-22(23)11-9-19(29-2)10-12-22/h7-8,15,19,25H,6,9-14,16H2,1-5H3. The number of hydrogen-bond acceptors (Lipinski definition) is 5. The van der Waals surface area contributed by atoms with E-state index in [0.29, 0.717) is 25.3 Å². The Labute approximate surface area is 202 Å². The van der Waals surface area contributed by atoms with Crippen molar-refractivity contribution in [3.05, 3.63) is 33.8 Å². The van der Waals surface area contributed by atoms with Crippen LogP contribution in [0.2, 0.25) is 25.7 Å². The van der Waals surface area contributed by atoms with Gasteiger partial charge in [-0.15, -0.1) is 0 Å². The maximum atomic E-state index is 13.8. The monoisotopic (exact) mass is 545 g/mol. The lowest BCUT2D eigenvalue weighted by molar-refractivity contribution is -0.159. The number of fused-ring (bicyclic) bond motifs is 1. The van der Waals surface area contributed by atoms with Crippen molar-refractivity contribution < 1.29 is 22.7 Å². The quantitative estimate of drug-likeness (QED) is 0.381. The van der Waals surface area contributed by atoms with Crippen molar-refractivity contribution in [2.24, 2.45) is 5.41 Å². The molecule has 1 fully saturated rings. The van der Waals surface area contributed by atoms with Crippen LogP contribution < -0.4 is 4.72 Å². The maximum absolute atomic E-state index is 13.8. The topological polar surface area (TPSA) is 81.7 Å². The molecule has 9 heteroatoms. The molecule has 0 bridgehead atoms. The van der Waals surface area contributed by atoms with Gasteiger partial charge in [-0.3, -0.25) is 0 Å². The zero-order chi connectivity index (χ0) is 23.8. The lowest BCUT2D eigenvalue weighted by Gasteiger charge is -2.48. The van der Waals surface area contributed by atoms with Gasteiger partial charge in [-0.05, 0) is 68.3 Å². The number of ether oxygens (including phenoxy) is 2. The number of benzene rings is 1. The molecule has 0 heterocycles. The minimum atomic E-state index is -3.73. The molecule has 0 amide bonds. The average molecular weight is 547 g/mol. The Bertz CT molecular complexity index is 954. The first-order valence-corrected chi connectivity index (χ1v) is 17.5. The molecule has 2 aliphatic carbocycles. The van der Waals surface area contributed by atoms with Crippen LogP contribution >= 0.6 is 15.9 Å². The molecule has 0 radical (unpaired) electrons. The second-order valence-electron chi connectivity index (χ2n) is 10.4. The fourth-order valence-corrected chi connectivity index (χ4v) is 10.1. The molecular formula is C23H36BrNO5SSi. The first-order chi connectivity index (χ1) is 14.9. The number of methoxy groups -OCH3 is 1. The molecule has 1 unspecified atom stereocenters. The Balaban J connectivity index is 2.14. The minimum absolute atomic E-state index is 0.0178. The summed E-state index contributed by atoms with van der Waals surface area (Å²) in [6, 6.07) is 6.48. The minimum Gasteiger partial charge on any atom is -0.464 e. The highest BCUT2D eigenvalue weighted by Gasteiger charge is 2.65. The van der Waals surface area contributed by atoms with Crippen LogP contribution in [0.1, 0.15) is 43.7 Å². The Morgan fingerprint density at radius 2 is 1.91 bits per heavy atom. The molecule has 1 saturated carbocycles. The fraction of sp³-hybridized carbons (Fsp3) is 0.696. The molecule has 1 atom stereocenters. The van der Waals surface area contributed by atoms with Crippen LogP contribution in [0.4, 0.5) is 0 Å². The summed E-state index contributed by atoms with van der Waals surface area (Å²) in [6.07, 6.45) is 3.70. The number of nitrogens with one attached hydrogen (secondary N) is 1. The third kappa shape index (κ3) is 5.01. The summed E-state index contributed by atoms with van der Waals surface area (Å²) in [4.78, 5) is 13.8. The van der Waals surface area contributed by atoms with Crippen molar-refractivity contribution in [3.63, 3.8) is 0 Å². The summed E-state index contributed by atoms with van der Waals surface area (Å²) in [7, 11) is -3.62. The highest BCUT2D eigenvalue weighted by Crippen LogP contribution is 2.59. The van der Waals surface area contributed by atoms with Crippen LogP contribution in [0, 0.1) is 5.41 Å². The largest absolute Gasteiger partial charge is 0.464 e. The molecule has 1 spiro atoms. The Morgan fingerprint density at radius 1 is 1.25 bits per heavy atom. The average Bonchev–Trinajstić information content (AvgIpc) is 2.96. The van der Waals surface area contributed by atoms with E-state index in [9.17, 15) is 13.2 Å². The highest BCUT2D eigenvalue weighted by atomic mass is 79.9. The Kier molecular flexibility index (Phi) is 7.67. The van der Waals surface area contributed by atoms with Gasteiger partial charge in [-0.25, -0.2) is 13.2 Å². The van der Waals surface area contributed by atoms with Crippen LogP contribution in [0.5, 0.6) is 0 Å². The van der Waals surface area contributed by atoms with E-state index in [4.69, 9.17) is 9.47 Å². The second-order valence-corrected chi connectivity index (χ2v) is 18.8. The Hall–Kier alpha value is -0.743. The Morgan fingerprint density at radius 3 is 2.47 bits per heavy atom. The van der Waals surface area contributed by atoms with Gasteiger partial charge < -0.3 is 9.47 Å². The van der Waals surface area contributed by atoms with E-state index in [1.54, 1.807) is 14.0 Å². The van der Waals surface area contributed by atoms with Gasteiger partial charge in [-0.1, -0.05) is 41.6 Å². The number of hydrogen-bond donors (Lipinski definition) is 1. The van der Waals surface area contributed by atoms with Crippen LogP contribution in [0.15, 0.2) is 22.7 Å². The van der Waals surface area contributed by atoms with E-state index in [0.717, 1.165) is 28.4 Å². The molecule has 32 heavy (non-hydrogen) atoms. The number of carbonyl (C=O) groups excluding carboxylic acids is 1. The molecule has 1 aromatic carbocycles. The molecule has 180 valence electrons. The van der Waals surface area contributed by atoms with Crippen molar-refractivity contribution in [1.82, 2.24) is 4.72 Å². The van der Waals surface area contributed by atoms with Crippen LogP contribution in [-0.2, 0) is 36.3 Å². The van der Waals surface area contributed by atoms with Gasteiger partial charge in [0.25, 0.3) is 0 Å². The molecule has 0 aromatic heterocycles. The van der Waals surface area contributed by atoms with Crippen molar-refractivity contribution in [2.75, 3.05) is 19.5 Å². The van der Waals surface area contributed by atoms with Crippen molar-refractivity contribution in [2.45, 2.75) is 76.4 Å². The van der Waals surface area contributed by atoms with E-state index in [1.165, 1.54) is 0 Å². The summed E-state index contributed by atoms with van der Waals surface area (Å²) in [5, 5.41) is 0. The van der Waals surface area contributed by atoms with Crippen LogP contribution in [-0.4, -0.2) is 48.0 Å². The maximum Gasteiger partial charge on any atom is 0.332 e. The van der Waals surface area contributed by atoms with Crippen LogP contribution in [0.25, 0.3) is 0 Å². The molecule has 2 aliphatic rings. The van der Waals surface area contributed by atoms with Crippen molar-refractivity contribution in [3.8, 4) is 0 Å². The molecular weight excluding hydrogens is 510 g/mol. The lowest BCUT2D eigenvalue weighted by Crippen LogP contribution is -2.62. The van der Waals surface area contributed by atoms with Gasteiger partial charge in [0, 0.05) is 25.1 Å². The van der Waals surface area contributed by atoms with Gasteiger partial charge in [0.2, 0.25) is 10.0 Å². The molecule has 1 N–H and O–H groups in total. The smallest absolute Gasteiger partial charge is 0.332 e. The summed E-state index contributed by atoms with van der Waals surface area (Å²) in [5.74, 6) is -0.478. The first-order valence-electron chi connectivity index (χ1n) is 11.4. The third-order valence-corrected chi connectivity index (χ3v) is 11.0. The number of sulfonamides is 1. The predicted molar refractivity (Wildman–Crippen MR) is 133 cm³/mol. The zero-order valence-electron chi connectivity index (χ0n) is 19.8. The van der Waals surface area contributed by atoms with Crippen molar-refractivity contribution in [1.29, 1.82) is 0 Å². The normalized spacial score (nSPS) is 28.0. The molecule has 3 rings (SSSR count). The van der Waals surface area contributed by atoms with Crippen LogP contribution in [0.3, 0.4) is 0 Å². The van der Waals surface area contributed by atoms with E-state index in [-0.39, 0.29) is 18.5 Å². The lowest BCUT2D eigenvalue weighted by atomic mass is 9.61. The van der Waals surface area contributed by atoms with Gasteiger partial charge >= 0.3 is 5.97 Å². The first kappa shape index (κ1) is 25.9. The SMILES string of the molecule is CCOC(=O)C1(NS(=O)(=O)CC[Si](C)(C)C)c2cc(Br)ccc2CC12CCC(OC)CC2. The summed E-state index contributed by atoms with van der Waals surface area (Å²) in [5.41, 5.74) is -0.286. The van der Waals surface area contributed by atoms with E-state index in [2.05, 4.69) is 40.3 Å². The molecule has 0 saturated heterocycles. The number of esters is 1. The van der Waals surface area contributed by atoms with Crippen molar-refractivity contribution >= 4 is 40.0 Å². The summed E-state index contributed by atoms with van der Waals surface area (Å²) < 4.78 is 41.9. The van der Waals surface area contributed by atoms with E-state index < -0.39 is 35.0 Å². The predicted octanol–water partition coefficient (Wildman–Crippen LogP) is 4.60. The second kappa shape index (κ2) is 9.48. The van der Waals surface area contributed by atoms with Gasteiger partial charge in [0.05, 0.1) is 18.5 Å². The summed E-state index contributed by atoms with van der Waals surface area (Å²) in [6.45, 7) is 8.41. The molecule has 0 aliphatic heterocycles.